The molecule has 1 atom stereocenters. The molecule has 0 aliphatic carbocycles. The van der Waals surface area contributed by atoms with E-state index in [9.17, 15) is 4.79 Å². The average Bonchev–Trinajstić information content (AvgIpc) is 2.80. The number of rotatable bonds is 5. The summed E-state index contributed by atoms with van der Waals surface area (Å²) in [6, 6.07) is 10.5. The second kappa shape index (κ2) is 5.62. The third-order valence-corrected chi connectivity index (χ3v) is 3.08. The molecule has 17 heavy (non-hydrogen) atoms. The van der Waals surface area contributed by atoms with Crippen LogP contribution in [0.4, 0.5) is 0 Å². The van der Waals surface area contributed by atoms with E-state index < -0.39 is 0 Å². The first-order chi connectivity index (χ1) is 8.35. The number of hydrazone groups is 1. The Morgan fingerprint density at radius 1 is 1.41 bits per heavy atom. The van der Waals surface area contributed by atoms with Gasteiger partial charge in [0.25, 0.3) is 0 Å². The van der Waals surface area contributed by atoms with E-state index in [1.165, 1.54) is 5.56 Å². The number of hydrogen-bond acceptors (Lipinski definition) is 3. The summed E-state index contributed by atoms with van der Waals surface area (Å²) >= 11 is 0. The number of nitrogens with zero attached hydrogens (tertiary/aromatic N) is 2. The van der Waals surface area contributed by atoms with Gasteiger partial charge in [-0.15, -0.1) is 0 Å². The largest absolute Gasteiger partial charge is 0.296 e. The Hall–Kier alpha value is -1.64. The van der Waals surface area contributed by atoms with Crippen LogP contribution in [-0.2, 0) is 4.79 Å². The van der Waals surface area contributed by atoms with Crippen LogP contribution in [0.5, 0.6) is 0 Å². The summed E-state index contributed by atoms with van der Waals surface area (Å²) in [4.78, 5) is 10.8. The molecule has 1 aliphatic rings. The molecule has 0 aromatic heterocycles. The molecule has 90 valence electrons. The summed E-state index contributed by atoms with van der Waals surface area (Å²) in [6.07, 6.45) is 3.86. The van der Waals surface area contributed by atoms with E-state index in [0.717, 1.165) is 32.1 Å². The maximum Gasteiger partial charge on any atom is 0.166 e. The molecule has 1 aromatic carbocycles. The Labute approximate surface area is 102 Å². The van der Waals surface area contributed by atoms with Crippen LogP contribution in [-0.4, -0.2) is 23.6 Å². The highest BCUT2D eigenvalue weighted by Crippen LogP contribution is 2.30. The number of hydrogen-bond donors (Lipinski definition) is 0. The fourth-order valence-corrected chi connectivity index (χ4v) is 2.14. The first-order valence-corrected chi connectivity index (χ1v) is 6.19. The van der Waals surface area contributed by atoms with E-state index in [2.05, 4.69) is 29.2 Å². The fraction of sp³-hybridized carbons (Fsp3) is 0.429. The van der Waals surface area contributed by atoms with Gasteiger partial charge < -0.3 is 0 Å². The maximum atomic E-state index is 10.8. The number of unbranched alkanes of at least 4 members (excludes halogenated alkanes) is 1. The molecule has 0 bridgehead atoms. The highest BCUT2D eigenvalue weighted by Gasteiger charge is 2.26. The van der Waals surface area contributed by atoms with Crippen molar-refractivity contribution in [1.82, 2.24) is 5.01 Å². The molecule has 0 saturated heterocycles. The summed E-state index contributed by atoms with van der Waals surface area (Å²) < 4.78 is 0. The van der Waals surface area contributed by atoms with E-state index >= 15 is 0 Å². The molecule has 3 nitrogen and oxygen atoms in total. The lowest BCUT2D eigenvalue weighted by Gasteiger charge is -2.23. The van der Waals surface area contributed by atoms with E-state index in [4.69, 9.17) is 0 Å². The van der Waals surface area contributed by atoms with Gasteiger partial charge >= 0.3 is 0 Å². The Morgan fingerprint density at radius 3 is 2.82 bits per heavy atom. The second-order valence-corrected chi connectivity index (χ2v) is 4.36. The van der Waals surface area contributed by atoms with Crippen LogP contribution in [0.25, 0.3) is 0 Å². The fourth-order valence-electron chi connectivity index (χ4n) is 2.14. The number of aldehydes is 1. The predicted molar refractivity (Wildman–Crippen MR) is 68.9 cm³/mol. The van der Waals surface area contributed by atoms with Gasteiger partial charge in [-0.05, 0) is 12.0 Å². The van der Waals surface area contributed by atoms with Gasteiger partial charge in [-0.2, -0.15) is 5.10 Å². The van der Waals surface area contributed by atoms with E-state index in [1.807, 2.05) is 18.2 Å². The maximum absolute atomic E-state index is 10.8. The van der Waals surface area contributed by atoms with Crippen molar-refractivity contribution in [3.8, 4) is 0 Å². The second-order valence-electron chi connectivity index (χ2n) is 4.36. The monoisotopic (exact) mass is 230 g/mol. The topological polar surface area (TPSA) is 32.7 Å². The van der Waals surface area contributed by atoms with Gasteiger partial charge in [-0.3, -0.25) is 9.80 Å². The van der Waals surface area contributed by atoms with Gasteiger partial charge in [0.15, 0.2) is 6.29 Å². The average molecular weight is 230 g/mol. The van der Waals surface area contributed by atoms with Crippen molar-refractivity contribution in [1.29, 1.82) is 0 Å². The van der Waals surface area contributed by atoms with Gasteiger partial charge in [0.05, 0.1) is 6.04 Å². The predicted octanol–water partition coefficient (Wildman–Crippen LogP) is 2.79. The quantitative estimate of drug-likeness (QED) is 0.729. The Morgan fingerprint density at radius 2 is 2.18 bits per heavy atom. The first kappa shape index (κ1) is 11.8. The summed E-state index contributed by atoms with van der Waals surface area (Å²) in [5.41, 5.74) is 1.90. The number of benzene rings is 1. The summed E-state index contributed by atoms with van der Waals surface area (Å²) in [6.45, 7) is 3.09. The van der Waals surface area contributed by atoms with Gasteiger partial charge in [0, 0.05) is 13.0 Å². The molecule has 1 aromatic rings. The van der Waals surface area contributed by atoms with E-state index in [-0.39, 0.29) is 6.04 Å². The summed E-state index contributed by atoms with van der Waals surface area (Å²) in [5.74, 6) is 0. The van der Waals surface area contributed by atoms with Crippen LogP contribution in [0.1, 0.15) is 37.8 Å². The molecule has 1 heterocycles. The lowest BCUT2D eigenvalue weighted by molar-refractivity contribution is -0.102. The first-order valence-electron chi connectivity index (χ1n) is 6.19. The molecule has 0 fully saturated rings. The highest BCUT2D eigenvalue weighted by atomic mass is 16.1. The Kier molecular flexibility index (Phi) is 3.91. The molecule has 0 radical (unpaired) electrons. The van der Waals surface area contributed by atoms with E-state index in [0.29, 0.717) is 5.71 Å². The number of carbonyl (C=O) groups excluding carboxylic acids is 1. The molecule has 0 N–H and O–H groups in total. The molecule has 2 rings (SSSR count). The zero-order valence-corrected chi connectivity index (χ0v) is 10.2. The minimum absolute atomic E-state index is 0.239. The third kappa shape index (κ3) is 2.73. The molecular weight excluding hydrogens is 212 g/mol. The van der Waals surface area contributed by atoms with Crippen molar-refractivity contribution >= 4 is 12.0 Å². The molecule has 0 saturated carbocycles. The smallest absolute Gasteiger partial charge is 0.166 e. The molecule has 0 spiro atoms. The van der Waals surface area contributed by atoms with Crippen molar-refractivity contribution in [3.05, 3.63) is 35.9 Å². The lowest BCUT2D eigenvalue weighted by Crippen LogP contribution is -2.20. The number of carbonyl (C=O) groups is 1. The van der Waals surface area contributed by atoms with Crippen LogP contribution in [0.2, 0.25) is 0 Å². The standard InChI is InChI=1S/C14H18N2O/c1-2-3-9-16-14(10-13(11-17)15-16)12-7-5-4-6-8-12/h4-8,11,14H,2-3,9-10H2,1H3. The zero-order chi connectivity index (χ0) is 12.1. The highest BCUT2D eigenvalue weighted by molar-refractivity contribution is 6.28. The van der Waals surface area contributed by atoms with Crippen molar-refractivity contribution in [2.45, 2.75) is 32.2 Å². The Bertz CT molecular complexity index is 400. The van der Waals surface area contributed by atoms with Crippen molar-refractivity contribution in [3.63, 3.8) is 0 Å². The van der Waals surface area contributed by atoms with Crippen LogP contribution >= 0.6 is 0 Å². The van der Waals surface area contributed by atoms with Crippen molar-refractivity contribution in [2.75, 3.05) is 6.54 Å². The lowest BCUT2D eigenvalue weighted by atomic mass is 10.0. The van der Waals surface area contributed by atoms with Crippen LogP contribution in [0.15, 0.2) is 35.4 Å². The normalized spacial score (nSPS) is 19.2. The molecule has 1 unspecified atom stereocenters. The van der Waals surface area contributed by atoms with Gasteiger partial charge in [0.2, 0.25) is 0 Å². The summed E-state index contributed by atoms with van der Waals surface area (Å²) in [7, 11) is 0. The molecule has 1 aliphatic heterocycles. The molecule has 0 amide bonds. The van der Waals surface area contributed by atoms with Gasteiger partial charge in [-0.25, -0.2) is 0 Å². The zero-order valence-electron chi connectivity index (χ0n) is 10.2. The molecule has 3 heteroatoms. The SMILES string of the molecule is CCCCN1N=C(C=O)CC1c1ccccc1. The van der Waals surface area contributed by atoms with Gasteiger partial charge in [-0.1, -0.05) is 43.7 Å². The van der Waals surface area contributed by atoms with Crippen molar-refractivity contribution in [2.24, 2.45) is 5.10 Å². The van der Waals surface area contributed by atoms with Crippen LogP contribution < -0.4 is 0 Å². The van der Waals surface area contributed by atoms with E-state index in [1.54, 1.807) is 0 Å². The minimum atomic E-state index is 0.239. The summed E-state index contributed by atoms with van der Waals surface area (Å²) in [5, 5.41) is 6.44. The van der Waals surface area contributed by atoms with Gasteiger partial charge in [0.1, 0.15) is 5.71 Å². The molecular formula is C14H18N2O. The Balaban J connectivity index is 2.14. The van der Waals surface area contributed by atoms with Crippen LogP contribution in [0, 0.1) is 0 Å². The third-order valence-electron chi connectivity index (χ3n) is 3.08. The van der Waals surface area contributed by atoms with Crippen molar-refractivity contribution < 1.29 is 4.79 Å². The minimum Gasteiger partial charge on any atom is -0.296 e. The van der Waals surface area contributed by atoms with Crippen LogP contribution in [0.3, 0.4) is 0 Å².